The lowest BCUT2D eigenvalue weighted by Gasteiger charge is -2.31. The monoisotopic (exact) mass is 370 g/mol. The number of ether oxygens (including phenoxy) is 1. The molecule has 1 fully saturated rings. The maximum absolute atomic E-state index is 12.5. The number of rotatable bonds is 6. The normalized spacial score (nSPS) is 14.8. The number of benzene rings is 1. The maximum atomic E-state index is 12.5. The summed E-state index contributed by atoms with van der Waals surface area (Å²) in [5, 5.41) is 6.97. The van der Waals surface area contributed by atoms with E-state index < -0.39 is 0 Å². The summed E-state index contributed by atoms with van der Waals surface area (Å²) in [5.74, 6) is 1.23. The minimum atomic E-state index is 0.0108. The van der Waals surface area contributed by atoms with Crippen LogP contribution >= 0.6 is 0 Å². The molecule has 1 N–H and O–H groups in total. The molecule has 7 heteroatoms. The predicted molar refractivity (Wildman–Crippen MR) is 103 cm³/mol. The summed E-state index contributed by atoms with van der Waals surface area (Å²) < 4.78 is 6.77. The summed E-state index contributed by atoms with van der Waals surface area (Å²) in [6, 6.07) is 9.10. The van der Waals surface area contributed by atoms with E-state index in [0.29, 0.717) is 18.0 Å². The summed E-state index contributed by atoms with van der Waals surface area (Å²) in [7, 11) is 3.38. The van der Waals surface area contributed by atoms with Crippen molar-refractivity contribution in [2.75, 3.05) is 25.5 Å². The fraction of sp³-hybridized carbons (Fsp3) is 0.450. The van der Waals surface area contributed by atoms with Gasteiger partial charge in [0.2, 0.25) is 5.91 Å². The van der Waals surface area contributed by atoms with Crippen LogP contribution in [0.1, 0.15) is 36.2 Å². The Kier molecular flexibility index (Phi) is 6.11. The van der Waals surface area contributed by atoms with E-state index >= 15 is 0 Å². The second kappa shape index (κ2) is 8.70. The highest BCUT2D eigenvalue weighted by Crippen LogP contribution is 2.24. The SMILES string of the molecule is COc1cccc(NC(=O)CCC2CCN(C(=O)c3ccnn3C)CC2)c1. The minimum absolute atomic E-state index is 0.0108. The number of aromatic nitrogens is 2. The third kappa shape index (κ3) is 4.87. The lowest BCUT2D eigenvalue weighted by Crippen LogP contribution is -2.39. The minimum Gasteiger partial charge on any atom is -0.497 e. The summed E-state index contributed by atoms with van der Waals surface area (Å²) >= 11 is 0. The van der Waals surface area contributed by atoms with E-state index in [9.17, 15) is 9.59 Å². The van der Waals surface area contributed by atoms with Crippen LogP contribution < -0.4 is 10.1 Å². The van der Waals surface area contributed by atoms with Crippen LogP contribution in [-0.4, -0.2) is 46.7 Å². The Balaban J connectivity index is 1.42. The van der Waals surface area contributed by atoms with Crippen LogP contribution in [-0.2, 0) is 11.8 Å². The Bertz CT molecular complexity index is 794. The van der Waals surface area contributed by atoms with E-state index in [1.807, 2.05) is 23.1 Å². The smallest absolute Gasteiger partial charge is 0.272 e. The van der Waals surface area contributed by atoms with Crippen LogP contribution in [0, 0.1) is 5.92 Å². The molecule has 0 aliphatic carbocycles. The highest BCUT2D eigenvalue weighted by molar-refractivity contribution is 5.92. The van der Waals surface area contributed by atoms with Crippen molar-refractivity contribution in [3.63, 3.8) is 0 Å². The Morgan fingerprint density at radius 2 is 2.04 bits per heavy atom. The van der Waals surface area contributed by atoms with E-state index in [2.05, 4.69) is 10.4 Å². The highest BCUT2D eigenvalue weighted by Gasteiger charge is 2.25. The van der Waals surface area contributed by atoms with Gasteiger partial charge in [-0.05, 0) is 43.4 Å². The third-order valence-corrected chi connectivity index (χ3v) is 5.07. The lowest BCUT2D eigenvalue weighted by molar-refractivity contribution is -0.116. The predicted octanol–water partition coefficient (Wildman–Crippen LogP) is 2.70. The summed E-state index contributed by atoms with van der Waals surface area (Å²) in [5.41, 5.74) is 1.36. The molecule has 0 atom stereocenters. The summed E-state index contributed by atoms with van der Waals surface area (Å²) in [6.45, 7) is 1.46. The zero-order chi connectivity index (χ0) is 19.2. The van der Waals surface area contributed by atoms with Crippen LogP contribution in [0.3, 0.4) is 0 Å². The van der Waals surface area contributed by atoms with E-state index in [1.54, 1.807) is 37.2 Å². The number of hydrogen-bond donors (Lipinski definition) is 1. The number of likely N-dealkylation sites (tertiary alicyclic amines) is 1. The quantitative estimate of drug-likeness (QED) is 0.848. The van der Waals surface area contributed by atoms with Gasteiger partial charge in [-0.2, -0.15) is 5.10 Å². The van der Waals surface area contributed by atoms with Crippen molar-refractivity contribution in [1.82, 2.24) is 14.7 Å². The molecule has 0 saturated carbocycles. The van der Waals surface area contributed by atoms with Crippen LogP contribution in [0.2, 0.25) is 0 Å². The molecule has 2 amide bonds. The molecule has 1 aromatic heterocycles. The highest BCUT2D eigenvalue weighted by atomic mass is 16.5. The van der Waals surface area contributed by atoms with Crippen molar-refractivity contribution in [3.8, 4) is 5.75 Å². The number of carbonyl (C=O) groups is 2. The molecule has 0 spiro atoms. The number of nitrogens with one attached hydrogen (secondary N) is 1. The molecule has 7 nitrogen and oxygen atoms in total. The van der Waals surface area contributed by atoms with Gasteiger partial charge in [0.1, 0.15) is 11.4 Å². The van der Waals surface area contributed by atoms with Gasteiger partial charge in [0.15, 0.2) is 0 Å². The van der Waals surface area contributed by atoms with Crippen molar-refractivity contribution in [3.05, 3.63) is 42.2 Å². The first-order valence-corrected chi connectivity index (χ1v) is 9.28. The van der Waals surface area contributed by atoms with E-state index in [1.165, 1.54) is 0 Å². The Labute approximate surface area is 159 Å². The zero-order valence-electron chi connectivity index (χ0n) is 15.9. The maximum Gasteiger partial charge on any atom is 0.272 e. The number of amides is 2. The average Bonchev–Trinajstić information content (AvgIpc) is 3.12. The van der Waals surface area contributed by atoms with Gasteiger partial charge in [0.05, 0.1) is 7.11 Å². The molecule has 0 bridgehead atoms. The first-order chi connectivity index (χ1) is 13.1. The Morgan fingerprint density at radius 1 is 1.26 bits per heavy atom. The molecule has 0 unspecified atom stereocenters. The van der Waals surface area contributed by atoms with Crippen molar-refractivity contribution < 1.29 is 14.3 Å². The first-order valence-electron chi connectivity index (χ1n) is 9.28. The molecular formula is C20H26N4O3. The summed E-state index contributed by atoms with van der Waals surface area (Å²) in [4.78, 5) is 26.6. The van der Waals surface area contributed by atoms with Gasteiger partial charge in [-0.1, -0.05) is 6.07 Å². The first kappa shape index (κ1) is 18.9. The van der Waals surface area contributed by atoms with Gasteiger partial charge in [-0.15, -0.1) is 0 Å². The molecule has 2 aromatic rings. The second-order valence-electron chi connectivity index (χ2n) is 6.89. The number of piperidine rings is 1. The van der Waals surface area contributed by atoms with Gasteiger partial charge in [-0.25, -0.2) is 0 Å². The van der Waals surface area contributed by atoms with Gasteiger partial charge >= 0.3 is 0 Å². The molecule has 1 aliphatic rings. The second-order valence-corrected chi connectivity index (χ2v) is 6.89. The Morgan fingerprint density at radius 3 is 2.70 bits per heavy atom. The molecule has 144 valence electrons. The molecule has 0 radical (unpaired) electrons. The number of hydrogen-bond acceptors (Lipinski definition) is 4. The van der Waals surface area contributed by atoms with E-state index in [4.69, 9.17) is 4.74 Å². The molecule has 2 heterocycles. The lowest BCUT2D eigenvalue weighted by atomic mass is 9.92. The molecule has 1 aromatic carbocycles. The van der Waals surface area contributed by atoms with Crippen LogP contribution in [0.5, 0.6) is 5.75 Å². The Hall–Kier alpha value is -2.83. The van der Waals surface area contributed by atoms with Crippen LogP contribution in [0.4, 0.5) is 5.69 Å². The average molecular weight is 370 g/mol. The largest absolute Gasteiger partial charge is 0.497 e. The number of aryl methyl sites for hydroxylation is 1. The molecule has 1 aliphatic heterocycles. The van der Waals surface area contributed by atoms with Gasteiger partial charge < -0.3 is 15.0 Å². The van der Waals surface area contributed by atoms with E-state index in [0.717, 1.165) is 43.8 Å². The van der Waals surface area contributed by atoms with Crippen molar-refractivity contribution in [1.29, 1.82) is 0 Å². The number of carbonyl (C=O) groups excluding carboxylic acids is 2. The topological polar surface area (TPSA) is 76.5 Å². The molecule has 27 heavy (non-hydrogen) atoms. The third-order valence-electron chi connectivity index (χ3n) is 5.07. The van der Waals surface area contributed by atoms with Gasteiger partial charge in [-0.3, -0.25) is 14.3 Å². The van der Waals surface area contributed by atoms with Crippen molar-refractivity contribution in [2.24, 2.45) is 13.0 Å². The van der Waals surface area contributed by atoms with Gasteiger partial charge in [0, 0.05) is 44.5 Å². The van der Waals surface area contributed by atoms with Crippen molar-refractivity contribution >= 4 is 17.5 Å². The number of nitrogens with zero attached hydrogens (tertiary/aromatic N) is 3. The molecule has 3 rings (SSSR count). The fourth-order valence-corrected chi connectivity index (χ4v) is 3.43. The van der Waals surface area contributed by atoms with Crippen LogP contribution in [0.25, 0.3) is 0 Å². The standard InChI is InChI=1S/C20H26N4O3/c1-23-18(8-11-21-23)20(26)24-12-9-15(10-13-24)6-7-19(25)22-16-4-3-5-17(14-16)27-2/h3-5,8,11,14-15H,6-7,9-10,12-13H2,1-2H3,(H,22,25). The van der Waals surface area contributed by atoms with Gasteiger partial charge in [0.25, 0.3) is 5.91 Å². The number of methoxy groups -OCH3 is 1. The fourth-order valence-electron chi connectivity index (χ4n) is 3.43. The molecule has 1 saturated heterocycles. The summed E-state index contributed by atoms with van der Waals surface area (Å²) in [6.07, 6.45) is 4.81. The van der Waals surface area contributed by atoms with Crippen LogP contribution in [0.15, 0.2) is 36.5 Å². The number of anilines is 1. The van der Waals surface area contributed by atoms with Crippen molar-refractivity contribution in [2.45, 2.75) is 25.7 Å². The van der Waals surface area contributed by atoms with E-state index in [-0.39, 0.29) is 11.8 Å². The zero-order valence-corrected chi connectivity index (χ0v) is 15.9. The molecular weight excluding hydrogens is 344 g/mol.